The second-order valence-corrected chi connectivity index (χ2v) is 8.39. The largest absolute Gasteiger partial charge is 0.495 e. The maximum absolute atomic E-state index is 11.9. The van der Waals surface area contributed by atoms with Gasteiger partial charge in [0.25, 0.3) is 0 Å². The van der Waals surface area contributed by atoms with Crippen molar-refractivity contribution in [3.63, 3.8) is 0 Å². The standard InChI is InChI=1S/C23H27N7O2/c1-15(31)29-7-4-5-19(29)14-30-22-18(12-25-30)11-24-23(27-22)26-20-9-17-13-28(2)8-6-16(17)10-21(20)32-3/h9-12,14H,4-8,13H2,1-3H3,(H,24,26,27)/b19-14+. The van der Waals surface area contributed by atoms with E-state index in [0.29, 0.717) is 11.6 Å². The van der Waals surface area contributed by atoms with E-state index in [9.17, 15) is 4.79 Å². The van der Waals surface area contributed by atoms with Gasteiger partial charge in [0.15, 0.2) is 5.65 Å². The zero-order valence-corrected chi connectivity index (χ0v) is 18.6. The maximum Gasteiger partial charge on any atom is 0.229 e. The minimum atomic E-state index is 0.0485. The lowest BCUT2D eigenvalue weighted by atomic mass is 9.99. The lowest BCUT2D eigenvalue weighted by Crippen LogP contribution is -2.26. The van der Waals surface area contributed by atoms with Crippen molar-refractivity contribution < 1.29 is 9.53 Å². The molecule has 2 aromatic heterocycles. The maximum atomic E-state index is 11.9. The van der Waals surface area contributed by atoms with Gasteiger partial charge in [0.2, 0.25) is 11.9 Å². The van der Waals surface area contributed by atoms with Crippen molar-refractivity contribution in [3.8, 4) is 5.75 Å². The molecule has 1 amide bonds. The number of hydrogen-bond acceptors (Lipinski definition) is 7. The summed E-state index contributed by atoms with van der Waals surface area (Å²) in [5.41, 5.74) is 5.07. The first-order chi connectivity index (χ1) is 15.5. The van der Waals surface area contributed by atoms with Gasteiger partial charge in [-0.15, -0.1) is 0 Å². The van der Waals surface area contributed by atoms with Gasteiger partial charge in [0.1, 0.15) is 5.75 Å². The number of likely N-dealkylation sites (N-methyl/N-ethyl adjacent to an activating group) is 1. The van der Waals surface area contributed by atoms with Crippen LogP contribution in [0.1, 0.15) is 30.9 Å². The molecule has 1 N–H and O–H groups in total. The Bertz CT molecular complexity index is 1220. The van der Waals surface area contributed by atoms with Crippen molar-refractivity contribution in [1.82, 2.24) is 29.5 Å². The number of rotatable bonds is 4. The molecule has 1 fully saturated rings. The van der Waals surface area contributed by atoms with E-state index in [0.717, 1.165) is 61.4 Å². The first kappa shape index (κ1) is 20.4. The fourth-order valence-electron chi connectivity index (χ4n) is 4.44. The molecule has 166 valence electrons. The van der Waals surface area contributed by atoms with Crippen LogP contribution in [0.3, 0.4) is 0 Å². The van der Waals surface area contributed by atoms with Crippen LogP contribution in [0.15, 0.2) is 30.2 Å². The zero-order valence-electron chi connectivity index (χ0n) is 18.6. The number of fused-ring (bicyclic) bond motifs is 2. The molecule has 0 atom stereocenters. The van der Waals surface area contributed by atoms with Gasteiger partial charge in [0.05, 0.1) is 30.6 Å². The predicted octanol–water partition coefficient (Wildman–Crippen LogP) is 3.01. The molecular weight excluding hydrogens is 406 g/mol. The second kappa shape index (κ2) is 8.23. The molecular formula is C23H27N7O2. The number of anilines is 2. The summed E-state index contributed by atoms with van der Waals surface area (Å²) in [6, 6.07) is 4.23. The van der Waals surface area contributed by atoms with Crippen LogP contribution in [0.4, 0.5) is 11.6 Å². The molecule has 0 aliphatic carbocycles. The van der Waals surface area contributed by atoms with Crippen LogP contribution in [0.5, 0.6) is 5.75 Å². The van der Waals surface area contributed by atoms with Crippen molar-refractivity contribution in [2.24, 2.45) is 0 Å². The van der Waals surface area contributed by atoms with Gasteiger partial charge in [-0.1, -0.05) is 0 Å². The number of likely N-dealkylation sites (tertiary alicyclic amines) is 1. The molecule has 9 heteroatoms. The van der Waals surface area contributed by atoms with Crippen LogP contribution in [-0.4, -0.2) is 62.7 Å². The monoisotopic (exact) mass is 433 g/mol. The van der Waals surface area contributed by atoms with Gasteiger partial charge in [-0.2, -0.15) is 10.1 Å². The highest BCUT2D eigenvalue weighted by atomic mass is 16.5. The van der Waals surface area contributed by atoms with Crippen molar-refractivity contribution in [2.75, 3.05) is 32.6 Å². The third-order valence-corrected chi connectivity index (χ3v) is 6.12. The number of nitrogens with one attached hydrogen (secondary N) is 1. The second-order valence-electron chi connectivity index (χ2n) is 8.39. The summed E-state index contributed by atoms with van der Waals surface area (Å²) in [6.07, 6.45) is 8.19. The van der Waals surface area contributed by atoms with Crippen molar-refractivity contribution in [1.29, 1.82) is 0 Å². The number of hydrogen-bond donors (Lipinski definition) is 1. The lowest BCUT2D eigenvalue weighted by molar-refractivity contribution is -0.126. The summed E-state index contributed by atoms with van der Waals surface area (Å²) >= 11 is 0. The lowest BCUT2D eigenvalue weighted by Gasteiger charge is -2.26. The summed E-state index contributed by atoms with van der Waals surface area (Å²) in [4.78, 5) is 25.2. The molecule has 5 rings (SSSR count). The van der Waals surface area contributed by atoms with Crippen LogP contribution in [0.25, 0.3) is 17.2 Å². The van der Waals surface area contributed by atoms with E-state index in [4.69, 9.17) is 9.72 Å². The highest BCUT2D eigenvalue weighted by Gasteiger charge is 2.21. The Labute approximate surface area is 186 Å². The third kappa shape index (κ3) is 3.80. The first-order valence-electron chi connectivity index (χ1n) is 10.9. The third-order valence-electron chi connectivity index (χ3n) is 6.12. The van der Waals surface area contributed by atoms with E-state index in [1.54, 1.807) is 36.0 Å². The number of aromatic nitrogens is 4. The number of carbonyl (C=O) groups is 1. The van der Waals surface area contributed by atoms with E-state index in [1.165, 1.54) is 11.1 Å². The van der Waals surface area contributed by atoms with E-state index >= 15 is 0 Å². The number of carbonyl (C=O) groups excluding carboxylic acids is 1. The molecule has 0 unspecified atom stereocenters. The fourth-order valence-corrected chi connectivity index (χ4v) is 4.44. The number of benzene rings is 1. The van der Waals surface area contributed by atoms with Crippen LogP contribution >= 0.6 is 0 Å². The van der Waals surface area contributed by atoms with Crippen molar-refractivity contribution in [3.05, 3.63) is 41.4 Å². The molecule has 1 aromatic carbocycles. The van der Waals surface area contributed by atoms with E-state index in [2.05, 4.69) is 39.5 Å². The van der Waals surface area contributed by atoms with Crippen LogP contribution in [-0.2, 0) is 17.8 Å². The normalized spacial score (nSPS) is 17.7. The van der Waals surface area contributed by atoms with Gasteiger partial charge in [0, 0.05) is 38.5 Å². The van der Waals surface area contributed by atoms with Crippen molar-refractivity contribution >= 4 is 34.8 Å². The molecule has 1 saturated heterocycles. The van der Waals surface area contributed by atoms with Gasteiger partial charge in [-0.05, 0) is 49.6 Å². The number of ether oxygens (including phenoxy) is 1. The van der Waals surface area contributed by atoms with Gasteiger partial charge in [-0.25, -0.2) is 9.67 Å². The number of amides is 1. The molecule has 3 aromatic rings. The summed E-state index contributed by atoms with van der Waals surface area (Å²) in [6.45, 7) is 4.29. The summed E-state index contributed by atoms with van der Waals surface area (Å²) in [7, 11) is 3.81. The predicted molar refractivity (Wildman–Crippen MR) is 123 cm³/mol. The number of methoxy groups -OCH3 is 1. The van der Waals surface area contributed by atoms with E-state index in [1.807, 2.05) is 6.20 Å². The molecule has 0 spiro atoms. The van der Waals surface area contributed by atoms with E-state index in [-0.39, 0.29) is 5.91 Å². The summed E-state index contributed by atoms with van der Waals surface area (Å²) < 4.78 is 7.35. The molecule has 2 aliphatic rings. The Balaban J connectivity index is 1.48. The SMILES string of the molecule is COc1cc2c(cc1Nc1ncc3cnn(/C=C4\CCCN4C(C)=O)c3n1)CN(C)CC2. The smallest absolute Gasteiger partial charge is 0.229 e. The minimum Gasteiger partial charge on any atom is -0.495 e. The Kier molecular flexibility index (Phi) is 5.26. The molecule has 9 nitrogen and oxygen atoms in total. The van der Waals surface area contributed by atoms with Crippen LogP contribution < -0.4 is 10.1 Å². The van der Waals surface area contributed by atoms with Gasteiger partial charge in [-0.3, -0.25) is 4.79 Å². The van der Waals surface area contributed by atoms with Gasteiger partial charge < -0.3 is 19.9 Å². The fraction of sp³-hybridized carbons (Fsp3) is 0.391. The highest BCUT2D eigenvalue weighted by molar-refractivity contribution is 5.79. The molecule has 0 bridgehead atoms. The molecule has 32 heavy (non-hydrogen) atoms. The molecule has 0 radical (unpaired) electrons. The topological polar surface area (TPSA) is 88.4 Å². The van der Waals surface area contributed by atoms with Crippen molar-refractivity contribution in [2.45, 2.75) is 32.7 Å². The number of allylic oxidation sites excluding steroid dienone is 1. The molecule has 0 saturated carbocycles. The average Bonchev–Trinajstić information content (AvgIpc) is 3.41. The molecule has 4 heterocycles. The average molecular weight is 434 g/mol. The molecule has 2 aliphatic heterocycles. The zero-order chi connectivity index (χ0) is 22.2. The van der Waals surface area contributed by atoms with Gasteiger partial charge >= 0.3 is 0 Å². The summed E-state index contributed by atoms with van der Waals surface area (Å²) in [5.74, 6) is 1.29. The van der Waals surface area contributed by atoms with Crippen LogP contribution in [0.2, 0.25) is 0 Å². The Morgan fingerprint density at radius 3 is 2.88 bits per heavy atom. The quantitative estimate of drug-likeness (QED) is 0.677. The Hall–Kier alpha value is -3.46. The van der Waals surface area contributed by atoms with Crippen LogP contribution in [0, 0.1) is 0 Å². The van der Waals surface area contributed by atoms with E-state index < -0.39 is 0 Å². The Morgan fingerprint density at radius 2 is 2.06 bits per heavy atom. The number of nitrogens with zero attached hydrogens (tertiary/aromatic N) is 6. The minimum absolute atomic E-state index is 0.0485. The Morgan fingerprint density at radius 1 is 1.19 bits per heavy atom. The summed E-state index contributed by atoms with van der Waals surface area (Å²) in [5, 5.41) is 8.60. The first-order valence-corrected chi connectivity index (χ1v) is 10.9. The highest BCUT2D eigenvalue weighted by Crippen LogP contribution is 2.33.